The first kappa shape index (κ1) is 28.1. The summed E-state index contributed by atoms with van der Waals surface area (Å²) in [7, 11) is 0. The smallest absolute Gasteiger partial charge is 0.336 e. The first-order valence-corrected chi connectivity index (χ1v) is 11.4. The van der Waals surface area contributed by atoms with Crippen molar-refractivity contribution in [1.29, 1.82) is 0 Å². The Hall–Kier alpha value is -4.17. The Bertz CT molecular complexity index is 1050. The van der Waals surface area contributed by atoms with Crippen LogP contribution in [0, 0.1) is 0 Å². The third kappa shape index (κ3) is 10.8. The number of hydrogen-bond donors (Lipinski definition) is 1. The van der Waals surface area contributed by atoms with Crippen LogP contribution in [0.4, 0.5) is 0 Å². The van der Waals surface area contributed by atoms with Gasteiger partial charge < -0.3 is 24.1 Å². The molecule has 0 unspecified atom stereocenters. The number of hydrogen-bond acceptors (Lipinski definition) is 8. The normalized spacial score (nSPS) is 10.5. The molecule has 0 fully saturated rings. The molecule has 0 aliphatic heterocycles. The molecular formula is C28H30O8. The van der Waals surface area contributed by atoms with E-state index in [-0.39, 0.29) is 5.57 Å². The Morgan fingerprint density at radius 2 is 1.33 bits per heavy atom. The van der Waals surface area contributed by atoms with Crippen LogP contribution in [0.15, 0.2) is 79.4 Å². The molecule has 0 aliphatic carbocycles. The lowest BCUT2D eigenvalue weighted by atomic mass is 10.2. The number of unbranched alkanes of at least 4 members (excludes halogenated alkanes) is 3. The van der Waals surface area contributed by atoms with Gasteiger partial charge in [-0.15, -0.1) is 0 Å². The number of aliphatic hydroxyl groups is 1. The molecule has 0 atom stereocenters. The third-order valence-electron chi connectivity index (χ3n) is 4.74. The van der Waals surface area contributed by atoms with Crippen molar-refractivity contribution < 1.29 is 38.4 Å². The standard InChI is InChI=1S/C28H30O8/c1-3-26(30)35-24-11-8-22(9-12-24)10-17-27(31)36-25-15-13-23(14-16-25)33-18-6-4-5-7-19-34-28(32)21(2)20-29/h3,8-17,29H,1-2,4-7,18-20H2/b17-10+. The number of benzene rings is 2. The van der Waals surface area contributed by atoms with Gasteiger partial charge in [-0.05, 0) is 73.7 Å². The van der Waals surface area contributed by atoms with Crippen molar-refractivity contribution in [3.8, 4) is 17.2 Å². The van der Waals surface area contributed by atoms with E-state index >= 15 is 0 Å². The van der Waals surface area contributed by atoms with Gasteiger partial charge in [0.25, 0.3) is 0 Å². The van der Waals surface area contributed by atoms with E-state index < -0.39 is 24.5 Å². The van der Waals surface area contributed by atoms with Crippen molar-refractivity contribution in [1.82, 2.24) is 0 Å². The van der Waals surface area contributed by atoms with Gasteiger partial charge in [0, 0.05) is 12.2 Å². The van der Waals surface area contributed by atoms with Gasteiger partial charge in [0.1, 0.15) is 17.2 Å². The summed E-state index contributed by atoms with van der Waals surface area (Å²) in [5.41, 5.74) is 0.792. The summed E-state index contributed by atoms with van der Waals surface area (Å²) in [6, 6.07) is 13.4. The first-order valence-electron chi connectivity index (χ1n) is 11.4. The van der Waals surface area contributed by atoms with Gasteiger partial charge in [0.05, 0.1) is 25.4 Å². The lowest BCUT2D eigenvalue weighted by Crippen LogP contribution is -2.10. The van der Waals surface area contributed by atoms with Crippen LogP contribution in [0.2, 0.25) is 0 Å². The fourth-order valence-corrected chi connectivity index (χ4v) is 2.80. The molecule has 0 saturated heterocycles. The fourth-order valence-electron chi connectivity index (χ4n) is 2.80. The van der Waals surface area contributed by atoms with Crippen LogP contribution >= 0.6 is 0 Å². The third-order valence-corrected chi connectivity index (χ3v) is 4.74. The Morgan fingerprint density at radius 1 is 0.778 bits per heavy atom. The summed E-state index contributed by atoms with van der Waals surface area (Å²) in [6.45, 7) is 7.18. The maximum absolute atomic E-state index is 12.1. The molecule has 2 aromatic carbocycles. The van der Waals surface area contributed by atoms with Crippen LogP contribution in [0.25, 0.3) is 6.08 Å². The maximum Gasteiger partial charge on any atom is 0.336 e. The molecule has 0 bridgehead atoms. The Morgan fingerprint density at radius 3 is 1.94 bits per heavy atom. The van der Waals surface area contributed by atoms with Crippen LogP contribution in [0.3, 0.4) is 0 Å². The van der Waals surface area contributed by atoms with Crippen LogP contribution in [0.1, 0.15) is 31.2 Å². The minimum Gasteiger partial charge on any atom is -0.494 e. The second-order valence-electron chi connectivity index (χ2n) is 7.58. The van der Waals surface area contributed by atoms with Gasteiger partial charge >= 0.3 is 17.9 Å². The van der Waals surface area contributed by atoms with Crippen LogP contribution in [-0.2, 0) is 19.1 Å². The molecular weight excluding hydrogens is 464 g/mol. The monoisotopic (exact) mass is 494 g/mol. The van der Waals surface area contributed by atoms with E-state index in [1.54, 1.807) is 54.6 Å². The number of aliphatic hydroxyl groups excluding tert-OH is 1. The fraction of sp³-hybridized carbons (Fsp3) is 0.250. The van der Waals surface area contributed by atoms with Crippen molar-refractivity contribution in [2.75, 3.05) is 19.8 Å². The zero-order valence-electron chi connectivity index (χ0n) is 20.0. The highest BCUT2D eigenvalue weighted by Gasteiger charge is 2.06. The van der Waals surface area contributed by atoms with Crippen molar-refractivity contribution in [3.05, 3.63) is 85.0 Å². The molecule has 190 valence electrons. The predicted molar refractivity (Wildman–Crippen MR) is 135 cm³/mol. The predicted octanol–water partition coefficient (Wildman–Crippen LogP) is 4.43. The molecule has 2 aromatic rings. The average molecular weight is 495 g/mol. The van der Waals surface area contributed by atoms with Crippen molar-refractivity contribution in [3.63, 3.8) is 0 Å². The zero-order valence-corrected chi connectivity index (χ0v) is 20.0. The summed E-state index contributed by atoms with van der Waals surface area (Å²) < 4.78 is 20.9. The number of carbonyl (C=O) groups is 3. The summed E-state index contributed by atoms with van der Waals surface area (Å²) >= 11 is 0. The van der Waals surface area contributed by atoms with E-state index in [0.717, 1.165) is 37.3 Å². The summed E-state index contributed by atoms with van der Waals surface area (Å²) in [4.78, 5) is 34.6. The summed E-state index contributed by atoms with van der Waals surface area (Å²) in [5.74, 6) is -0.200. The van der Waals surface area contributed by atoms with Gasteiger partial charge in [0.15, 0.2) is 0 Å². The minimum absolute atomic E-state index is 0.0536. The van der Waals surface area contributed by atoms with Gasteiger partial charge in [-0.2, -0.15) is 0 Å². The number of esters is 3. The molecule has 8 nitrogen and oxygen atoms in total. The molecule has 0 aromatic heterocycles. The molecule has 0 heterocycles. The second-order valence-corrected chi connectivity index (χ2v) is 7.58. The first-order chi connectivity index (χ1) is 17.4. The molecule has 36 heavy (non-hydrogen) atoms. The minimum atomic E-state index is -0.564. The molecule has 0 radical (unpaired) electrons. The Kier molecular flexibility index (Phi) is 12.2. The topological polar surface area (TPSA) is 108 Å². The average Bonchev–Trinajstić information content (AvgIpc) is 2.89. The van der Waals surface area contributed by atoms with Gasteiger partial charge in [0.2, 0.25) is 0 Å². The van der Waals surface area contributed by atoms with E-state index in [9.17, 15) is 14.4 Å². The molecule has 8 heteroatoms. The van der Waals surface area contributed by atoms with Crippen molar-refractivity contribution >= 4 is 24.0 Å². The SMILES string of the molecule is C=CC(=O)Oc1ccc(/C=C/C(=O)Oc2ccc(OCCCCCCOC(=O)C(=C)CO)cc2)cc1. The van der Waals surface area contributed by atoms with Crippen LogP contribution in [-0.4, -0.2) is 42.8 Å². The molecule has 2 rings (SSSR count). The molecule has 1 N–H and O–H groups in total. The van der Waals surface area contributed by atoms with Crippen LogP contribution in [0.5, 0.6) is 17.2 Å². The molecule has 0 aliphatic rings. The highest BCUT2D eigenvalue weighted by molar-refractivity contribution is 5.89. The quantitative estimate of drug-likeness (QED) is 0.168. The zero-order chi connectivity index (χ0) is 26.2. The van der Waals surface area contributed by atoms with E-state index in [1.165, 1.54) is 6.08 Å². The van der Waals surface area contributed by atoms with E-state index in [0.29, 0.717) is 30.5 Å². The molecule has 0 amide bonds. The lowest BCUT2D eigenvalue weighted by molar-refractivity contribution is -0.139. The molecule has 0 saturated carbocycles. The highest BCUT2D eigenvalue weighted by Crippen LogP contribution is 2.19. The van der Waals surface area contributed by atoms with Crippen molar-refractivity contribution in [2.24, 2.45) is 0 Å². The number of rotatable bonds is 15. The van der Waals surface area contributed by atoms with Crippen LogP contribution < -0.4 is 14.2 Å². The Labute approximate surface area is 210 Å². The second kappa shape index (κ2) is 15.7. The lowest BCUT2D eigenvalue weighted by Gasteiger charge is -2.08. The highest BCUT2D eigenvalue weighted by atomic mass is 16.5. The molecule has 0 spiro atoms. The number of carbonyl (C=O) groups excluding carboxylic acids is 3. The van der Waals surface area contributed by atoms with Gasteiger partial charge in [-0.3, -0.25) is 0 Å². The summed E-state index contributed by atoms with van der Waals surface area (Å²) in [6.07, 6.45) is 7.36. The van der Waals surface area contributed by atoms with E-state index in [1.807, 2.05) is 0 Å². The summed E-state index contributed by atoms with van der Waals surface area (Å²) in [5, 5.41) is 8.79. The largest absolute Gasteiger partial charge is 0.494 e. The van der Waals surface area contributed by atoms with E-state index in [2.05, 4.69) is 13.2 Å². The van der Waals surface area contributed by atoms with Crippen molar-refractivity contribution in [2.45, 2.75) is 25.7 Å². The Balaban J connectivity index is 1.63. The van der Waals surface area contributed by atoms with Gasteiger partial charge in [-0.1, -0.05) is 25.3 Å². The number of ether oxygens (including phenoxy) is 4. The van der Waals surface area contributed by atoms with Gasteiger partial charge in [-0.25, -0.2) is 14.4 Å². The van der Waals surface area contributed by atoms with E-state index in [4.69, 9.17) is 24.1 Å². The maximum atomic E-state index is 12.1.